The monoisotopic (exact) mass is 416 g/mol. The van der Waals surface area contributed by atoms with Gasteiger partial charge < -0.3 is 4.74 Å². The number of fused-ring (bicyclic) bond motifs is 1. The molecule has 4 rings (SSSR count). The van der Waals surface area contributed by atoms with Crippen molar-refractivity contribution in [3.05, 3.63) is 70.7 Å². The van der Waals surface area contributed by atoms with Gasteiger partial charge in [-0.2, -0.15) is 18.3 Å². The number of hydrogen-bond donors (Lipinski definition) is 1. The smallest absolute Gasteiger partial charge is 0.417 e. The van der Waals surface area contributed by atoms with Crippen LogP contribution in [0.3, 0.4) is 0 Å². The Hall–Kier alpha value is -3.36. The lowest BCUT2D eigenvalue weighted by Gasteiger charge is -2.27. The number of anilines is 1. The fourth-order valence-electron chi connectivity index (χ4n) is 3.72. The van der Waals surface area contributed by atoms with Gasteiger partial charge in [0, 0.05) is 23.0 Å². The van der Waals surface area contributed by atoms with Gasteiger partial charge in [-0.15, -0.1) is 0 Å². The van der Waals surface area contributed by atoms with Crippen molar-refractivity contribution in [1.82, 2.24) is 15.2 Å². The lowest BCUT2D eigenvalue weighted by Crippen LogP contribution is -2.30. The molecule has 3 aromatic rings. The maximum Gasteiger partial charge on any atom is 0.417 e. The largest absolute Gasteiger partial charge is 0.496 e. The lowest BCUT2D eigenvalue weighted by atomic mass is 9.94. The molecule has 0 saturated heterocycles. The molecule has 1 aliphatic rings. The van der Waals surface area contributed by atoms with Crippen LogP contribution >= 0.6 is 0 Å². The van der Waals surface area contributed by atoms with Crippen LogP contribution < -0.4 is 9.64 Å². The first-order valence-electron chi connectivity index (χ1n) is 9.32. The highest BCUT2D eigenvalue weighted by Crippen LogP contribution is 2.46. The van der Waals surface area contributed by atoms with E-state index in [9.17, 15) is 18.0 Å². The van der Waals surface area contributed by atoms with Gasteiger partial charge >= 0.3 is 6.18 Å². The molecular weight excluding hydrogens is 397 g/mol. The van der Waals surface area contributed by atoms with E-state index in [4.69, 9.17) is 4.74 Å². The molecule has 1 aliphatic heterocycles. The second-order valence-electron chi connectivity index (χ2n) is 7.28. The van der Waals surface area contributed by atoms with Gasteiger partial charge in [-0.1, -0.05) is 32.0 Å². The zero-order valence-electron chi connectivity index (χ0n) is 16.5. The van der Waals surface area contributed by atoms with E-state index in [1.165, 1.54) is 18.1 Å². The third-order valence-corrected chi connectivity index (χ3v) is 5.12. The third kappa shape index (κ3) is 3.10. The number of amides is 1. The Morgan fingerprint density at radius 2 is 1.90 bits per heavy atom. The summed E-state index contributed by atoms with van der Waals surface area (Å²) in [6.45, 7) is 3.94. The molecule has 0 radical (unpaired) electrons. The molecule has 0 saturated carbocycles. The lowest BCUT2D eigenvalue weighted by molar-refractivity contribution is -0.137. The van der Waals surface area contributed by atoms with E-state index in [1.807, 2.05) is 26.0 Å². The molecule has 1 aromatic carbocycles. The Labute approximate surface area is 170 Å². The zero-order chi connectivity index (χ0) is 21.6. The number of aromatic amines is 1. The summed E-state index contributed by atoms with van der Waals surface area (Å²) in [4.78, 5) is 18.6. The van der Waals surface area contributed by atoms with Gasteiger partial charge in [-0.3, -0.25) is 14.8 Å². The fraction of sp³-hybridized carbons (Fsp3) is 0.286. The first-order chi connectivity index (χ1) is 14.2. The number of carbonyl (C=O) groups is 1. The second-order valence-corrected chi connectivity index (χ2v) is 7.28. The zero-order valence-corrected chi connectivity index (χ0v) is 16.5. The molecule has 0 spiro atoms. The molecule has 0 bridgehead atoms. The van der Waals surface area contributed by atoms with Crippen molar-refractivity contribution in [3.8, 4) is 5.75 Å². The number of halogens is 3. The molecule has 1 amide bonds. The van der Waals surface area contributed by atoms with Crippen LogP contribution in [0.1, 0.15) is 58.7 Å². The summed E-state index contributed by atoms with van der Waals surface area (Å²) < 4.78 is 44.4. The number of alkyl halides is 3. The van der Waals surface area contributed by atoms with Crippen LogP contribution in [0.2, 0.25) is 0 Å². The topological polar surface area (TPSA) is 71.1 Å². The van der Waals surface area contributed by atoms with E-state index in [-0.39, 0.29) is 17.4 Å². The molecule has 156 valence electrons. The van der Waals surface area contributed by atoms with Gasteiger partial charge in [0.2, 0.25) is 0 Å². The molecule has 0 fully saturated rings. The van der Waals surface area contributed by atoms with E-state index < -0.39 is 23.7 Å². The van der Waals surface area contributed by atoms with E-state index in [2.05, 4.69) is 15.2 Å². The minimum absolute atomic E-state index is 0.0479. The van der Waals surface area contributed by atoms with Crippen molar-refractivity contribution < 1.29 is 22.7 Å². The van der Waals surface area contributed by atoms with Crippen LogP contribution in [0.25, 0.3) is 0 Å². The highest BCUT2D eigenvalue weighted by Gasteiger charge is 2.45. The third-order valence-electron chi connectivity index (χ3n) is 5.12. The fourth-order valence-corrected chi connectivity index (χ4v) is 3.72. The highest BCUT2D eigenvalue weighted by molar-refractivity contribution is 6.10. The van der Waals surface area contributed by atoms with Gasteiger partial charge in [0.15, 0.2) is 5.69 Å². The minimum Gasteiger partial charge on any atom is -0.496 e. The number of ether oxygens (including phenoxy) is 1. The predicted octanol–water partition coefficient (Wildman–Crippen LogP) is 4.71. The molecule has 1 unspecified atom stereocenters. The number of methoxy groups -OCH3 is 1. The number of aromatic nitrogens is 3. The molecule has 1 N–H and O–H groups in total. The molecule has 6 nitrogen and oxygen atoms in total. The highest BCUT2D eigenvalue weighted by atomic mass is 19.4. The summed E-state index contributed by atoms with van der Waals surface area (Å²) in [7, 11) is 1.52. The van der Waals surface area contributed by atoms with Crippen LogP contribution in [0.15, 0.2) is 42.6 Å². The number of H-pyrrole nitrogens is 1. The number of benzene rings is 1. The van der Waals surface area contributed by atoms with Crippen molar-refractivity contribution >= 4 is 11.7 Å². The molecule has 2 aromatic heterocycles. The van der Waals surface area contributed by atoms with Gasteiger partial charge in [0.05, 0.1) is 18.7 Å². The van der Waals surface area contributed by atoms with E-state index in [1.54, 1.807) is 12.1 Å². The van der Waals surface area contributed by atoms with E-state index in [0.717, 1.165) is 18.0 Å². The number of rotatable bonds is 4. The first kappa shape index (κ1) is 19.9. The Kier molecular flexibility index (Phi) is 4.76. The van der Waals surface area contributed by atoms with Crippen molar-refractivity contribution in [3.63, 3.8) is 0 Å². The van der Waals surface area contributed by atoms with Gasteiger partial charge in [0.25, 0.3) is 5.91 Å². The van der Waals surface area contributed by atoms with Crippen LogP contribution in [-0.2, 0) is 6.18 Å². The van der Waals surface area contributed by atoms with Crippen molar-refractivity contribution in [2.45, 2.75) is 32.0 Å². The van der Waals surface area contributed by atoms with Crippen molar-refractivity contribution in [1.29, 1.82) is 0 Å². The SMILES string of the molecule is COc1ccccc1C1c2c(n[nH]c2C(C)C)C(=O)N1c1ccc(C(F)(F)F)cn1. The molecule has 0 aliphatic carbocycles. The van der Waals surface area contributed by atoms with Crippen LogP contribution in [0.4, 0.5) is 19.0 Å². The number of nitrogens with zero attached hydrogens (tertiary/aromatic N) is 3. The van der Waals surface area contributed by atoms with Crippen LogP contribution in [0.5, 0.6) is 5.75 Å². The number of para-hydroxylation sites is 1. The number of hydrogen-bond acceptors (Lipinski definition) is 4. The van der Waals surface area contributed by atoms with Gasteiger partial charge in [0.1, 0.15) is 11.6 Å². The summed E-state index contributed by atoms with van der Waals surface area (Å²) >= 11 is 0. The summed E-state index contributed by atoms with van der Waals surface area (Å²) in [5.74, 6) is 0.274. The summed E-state index contributed by atoms with van der Waals surface area (Å²) in [5.41, 5.74) is 1.51. The quantitative estimate of drug-likeness (QED) is 0.669. The number of nitrogens with one attached hydrogen (secondary N) is 1. The van der Waals surface area contributed by atoms with E-state index in [0.29, 0.717) is 16.9 Å². The molecule has 30 heavy (non-hydrogen) atoms. The molecule has 1 atom stereocenters. The van der Waals surface area contributed by atoms with Crippen molar-refractivity contribution in [2.75, 3.05) is 12.0 Å². The standard InChI is InChI=1S/C21H19F3N4O2/c1-11(2)17-16-18(27-26-17)20(29)28(15-9-8-12(10-25-15)21(22,23)24)19(16)13-6-4-5-7-14(13)30-3/h4-11,19H,1-3H3,(H,26,27). The normalized spacial score (nSPS) is 16.3. The average molecular weight is 416 g/mol. The maximum atomic E-state index is 13.2. The van der Waals surface area contributed by atoms with E-state index >= 15 is 0 Å². The summed E-state index contributed by atoms with van der Waals surface area (Å²) in [6.07, 6.45) is -3.78. The Bertz CT molecular complexity index is 1090. The van der Waals surface area contributed by atoms with Gasteiger partial charge in [-0.25, -0.2) is 4.98 Å². The Morgan fingerprint density at radius 3 is 2.50 bits per heavy atom. The molecule has 3 heterocycles. The average Bonchev–Trinajstić information content (AvgIpc) is 3.26. The maximum absolute atomic E-state index is 13.2. The van der Waals surface area contributed by atoms with Crippen LogP contribution in [-0.4, -0.2) is 28.2 Å². The van der Waals surface area contributed by atoms with Crippen LogP contribution in [0, 0.1) is 0 Å². The first-order valence-corrected chi connectivity index (χ1v) is 9.32. The minimum atomic E-state index is -4.51. The predicted molar refractivity (Wildman–Crippen MR) is 104 cm³/mol. The van der Waals surface area contributed by atoms with Crippen molar-refractivity contribution in [2.24, 2.45) is 0 Å². The Balaban J connectivity index is 1.90. The number of pyridine rings is 1. The molecule has 9 heteroatoms. The summed E-state index contributed by atoms with van der Waals surface area (Å²) in [5, 5.41) is 7.13. The molecular formula is C21H19F3N4O2. The Morgan fingerprint density at radius 1 is 1.17 bits per heavy atom. The van der Waals surface area contributed by atoms with Gasteiger partial charge in [-0.05, 0) is 24.1 Å². The summed E-state index contributed by atoms with van der Waals surface area (Å²) in [6, 6.07) is 8.69. The second kappa shape index (κ2) is 7.16. The number of carbonyl (C=O) groups excluding carboxylic acids is 1.